The third-order valence-electron chi connectivity index (χ3n) is 4.42. The van der Waals surface area contributed by atoms with Gasteiger partial charge in [-0.05, 0) is 32.2 Å². The van der Waals surface area contributed by atoms with E-state index >= 15 is 0 Å². The molecule has 1 N–H and O–H groups in total. The van der Waals surface area contributed by atoms with Crippen LogP contribution in [-0.4, -0.2) is 77.6 Å². The molecular formula is C14H25N3O3. The quantitative estimate of drug-likeness (QED) is 0.841. The summed E-state index contributed by atoms with van der Waals surface area (Å²) in [7, 11) is 3.55. The molecule has 2 rings (SSSR count). The first-order chi connectivity index (χ1) is 9.49. The van der Waals surface area contributed by atoms with E-state index in [-0.39, 0.29) is 18.5 Å². The Hall–Kier alpha value is -1.30. The Morgan fingerprint density at radius 1 is 1.15 bits per heavy atom. The molecule has 2 amide bonds. The lowest BCUT2D eigenvalue weighted by Crippen LogP contribution is -2.50. The molecular weight excluding hydrogens is 258 g/mol. The molecule has 0 aromatic heterocycles. The van der Waals surface area contributed by atoms with Crippen LogP contribution in [-0.2, 0) is 4.79 Å². The van der Waals surface area contributed by atoms with Gasteiger partial charge in [0.15, 0.2) is 0 Å². The van der Waals surface area contributed by atoms with E-state index in [1.54, 1.807) is 19.0 Å². The van der Waals surface area contributed by atoms with Crippen molar-refractivity contribution in [2.45, 2.75) is 44.2 Å². The number of nitrogens with zero attached hydrogens (tertiary/aromatic N) is 3. The number of amides is 2. The molecule has 2 heterocycles. The number of carbonyl (C=O) groups excluding carboxylic acids is 1. The molecule has 1 unspecified atom stereocenters. The van der Waals surface area contributed by atoms with Gasteiger partial charge in [0.05, 0.1) is 6.42 Å². The van der Waals surface area contributed by atoms with Crippen molar-refractivity contribution in [3.63, 3.8) is 0 Å². The van der Waals surface area contributed by atoms with Crippen molar-refractivity contribution in [2.75, 3.05) is 33.7 Å². The van der Waals surface area contributed by atoms with E-state index in [4.69, 9.17) is 5.11 Å². The van der Waals surface area contributed by atoms with Gasteiger partial charge in [-0.1, -0.05) is 0 Å². The maximum atomic E-state index is 11.9. The lowest BCUT2D eigenvalue weighted by Gasteiger charge is -2.39. The van der Waals surface area contributed by atoms with E-state index in [2.05, 4.69) is 4.90 Å². The van der Waals surface area contributed by atoms with Crippen LogP contribution in [0.25, 0.3) is 0 Å². The van der Waals surface area contributed by atoms with Crippen LogP contribution in [0.1, 0.15) is 32.1 Å². The highest BCUT2D eigenvalue weighted by molar-refractivity contribution is 5.73. The second-order valence-electron chi connectivity index (χ2n) is 6.03. The summed E-state index contributed by atoms with van der Waals surface area (Å²) < 4.78 is 0. The van der Waals surface area contributed by atoms with Gasteiger partial charge in [0, 0.05) is 39.3 Å². The number of urea groups is 1. The number of rotatable bonds is 3. The Morgan fingerprint density at radius 3 is 2.35 bits per heavy atom. The number of hydrogen-bond donors (Lipinski definition) is 1. The number of carboxylic acid groups (broad SMARTS) is 1. The van der Waals surface area contributed by atoms with Gasteiger partial charge in [-0.15, -0.1) is 0 Å². The van der Waals surface area contributed by atoms with Crippen LogP contribution in [0, 0.1) is 0 Å². The molecule has 2 aliphatic rings. The number of carboxylic acids is 1. The summed E-state index contributed by atoms with van der Waals surface area (Å²) in [5, 5.41) is 8.98. The largest absolute Gasteiger partial charge is 0.481 e. The highest BCUT2D eigenvalue weighted by Gasteiger charge is 2.34. The first kappa shape index (κ1) is 15.1. The topological polar surface area (TPSA) is 64.1 Å². The van der Waals surface area contributed by atoms with E-state index in [1.807, 2.05) is 4.90 Å². The van der Waals surface area contributed by atoms with Gasteiger partial charge in [0.2, 0.25) is 0 Å². The molecule has 0 aliphatic carbocycles. The molecule has 20 heavy (non-hydrogen) atoms. The maximum absolute atomic E-state index is 11.9. The van der Waals surface area contributed by atoms with Gasteiger partial charge in [-0.2, -0.15) is 0 Å². The number of carbonyl (C=O) groups is 2. The Labute approximate surface area is 120 Å². The summed E-state index contributed by atoms with van der Waals surface area (Å²) >= 11 is 0. The fourth-order valence-corrected chi connectivity index (χ4v) is 3.43. The molecule has 0 radical (unpaired) electrons. The first-order valence-corrected chi connectivity index (χ1v) is 7.43. The molecule has 0 spiro atoms. The maximum Gasteiger partial charge on any atom is 0.319 e. The van der Waals surface area contributed by atoms with Gasteiger partial charge in [0.1, 0.15) is 0 Å². The molecule has 0 bridgehead atoms. The van der Waals surface area contributed by atoms with Crippen LogP contribution in [0.4, 0.5) is 4.79 Å². The standard InChI is InChI=1S/C14H25N3O3/c1-15(2)14(20)16-8-5-11(6-9-16)17-7-3-4-12(17)10-13(18)19/h11-12H,3-10H2,1-2H3,(H,18,19). The molecule has 1 atom stereocenters. The molecule has 114 valence electrons. The second kappa shape index (κ2) is 6.43. The average Bonchev–Trinajstić information content (AvgIpc) is 2.85. The molecule has 0 saturated carbocycles. The van der Waals surface area contributed by atoms with Crippen molar-refractivity contribution < 1.29 is 14.7 Å². The summed E-state index contributed by atoms with van der Waals surface area (Å²) in [6, 6.07) is 0.702. The SMILES string of the molecule is CN(C)C(=O)N1CCC(N2CCCC2CC(=O)O)CC1. The zero-order chi connectivity index (χ0) is 14.7. The summed E-state index contributed by atoms with van der Waals surface area (Å²) in [6.45, 7) is 2.56. The third-order valence-corrected chi connectivity index (χ3v) is 4.42. The Bertz CT molecular complexity index is 365. The van der Waals surface area contributed by atoms with Crippen LogP contribution in [0.5, 0.6) is 0 Å². The average molecular weight is 283 g/mol. The van der Waals surface area contributed by atoms with Gasteiger partial charge < -0.3 is 14.9 Å². The van der Waals surface area contributed by atoms with Crippen molar-refractivity contribution in [1.29, 1.82) is 0 Å². The summed E-state index contributed by atoms with van der Waals surface area (Å²) in [5.41, 5.74) is 0. The molecule has 0 aromatic carbocycles. The van der Waals surface area contributed by atoms with E-state index in [9.17, 15) is 9.59 Å². The second-order valence-corrected chi connectivity index (χ2v) is 6.03. The summed E-state index contributed by atoms with van der Waals surface area (Å²) in [5.74, 6) is -0.706. The van der Waals surface area contributed by atoms with Crippen LogP contribution < -0.4 is 0 Å². The highest BCUT2D eigenvalue weighted by atomic mass is 16.4. The van der Waals surface area contributed by atoms with E-state index in [1.165, 1.54) is 0 Å². The van der Waals surface area contributed by atoms with Gasteiger partial charge in [-0.25, -0.2) is 4.79 Å². The number of likely N-dealkylation sites (tertiary alicyclic amines) is 2. The van der Waals surface area contributed by atoms with Crippen molar-refractivity contribution in [1.82, 2.24) is 14.7 Å². The molecule has 2 saturated heterocycles. The molecule has 0 aromatic rings. The van der Waals surface area contributed by atoms with Crippen LogP contribution in [0.15, 0.2) is 0 Å². The van der Waals surface area contributed by atoms with E-state index in [0.29, 0.717) is 6.04 Å². The van der Waals surface area contributed by atoms with Crippen LogP contribution >= 0.6 is 0 Å². The zero-order valence-electron chi connectivity index (χ0n) is 12.4. The van der Waals surface area contributed by atoms with Crippen molar-refractivity contribution >= 4 is 12.0 Å². The minimum atomic E-state index is -0.706. The smallest absolute Gasteiger partial charge is 0.319 e. The van der Waals surface area contributed by atoms with E-state index in [0.717, 1.165) is 45.3 Å². The lowest BCUT2D eigenvalue weighted by molar-refractivity contribution is -0.138. The Morgan fingerprint density at radius 2 is 1.80 bits per heavy atom. The monoisotopic (exact) mass is 283 g/mol. The van der Waals surface area contributed by atoms with Crippen molar-refractivity contribution in [3.8, 4) is 0 Å². The number of aliphatic carboxylic acids is 1. The first-order valence-electron chi connectivity index (χ1n) is 7.43. The zero-order valence-corrected chi connectivity index (χ0v) is 12.4. The summed E-state index contributed by atoms with van der Waals surface area (Å²) in [6.07, 6.45) is 4.24. The van der Waals surface area contributed by atoms with Crippen LogP contribution in [0.3, 0.4) is 0 Å². The molecule has 2 fully saturated rings. The normalized spacial score (nSPS) is 24.9. The third kappa shape index (κ3) is 3.42. The lowest BCUT2D eigenvalue weighted by atomic mass is 10.0. The fraction of sp³-hybridized carbons (Fsp3) is 0.857. The molecule has 6 nitrogen and oxygen atoms in total. The van der Waals surface area contributed by atoms with Crippen LogP contribution in [0.2, 0.25) is 0 Å². The molecule has 2 aliphatic heterocycles. The number of piperidine rings is 1. The minimum Gasteiger partial charge on any atom is -0.481 e. The molecule has 6 heteroatoms. The Kier molecular flexibility index (Phi) is 4.86. The van der Waals surface area contributed by atoms with Gasteiger partial charge in [-0.3, -0.25) is 9.69 Å². The van der Waals surface area contributed by atoms with Crippen molar-refractivity contribution in [3.05, 3.63) is 0 Å². The van der Waals surface area contributed by atoms with Crippen molar-refractivity contribution in [2.24, 2.45) is 0 Å². The predicted molar refractivity (Wildman–Crippen MR) is 75.7 cm³/mol. The summed E-state index contributed by atoms with van der Waals surface area (Å²) in [4.78, 5) is 28.7. The fourth-order valence-electron chi connectivity index (χ4n) is 3.43. The minimum absolute atomic E-state index is 0.0759. The number of hydrogen-bond acceptors (Lipinski definition) is 3. The highest BCUT2D eigenvalue weighted by Crippen LogP contribution is 2.27. The predicted octanol–water partition coefficient (Wildman–Crippen LogP) is 1.07. The van der Waals surface area contributed by atoms with E-state index < -0.39 is 5.97 Å². The Balaban J connectivity index is 1.87. The van der Waals surface area contributed by atoms with Gasteiger partial charge in [0.25, 0.3) is 0 Å². The van der Waals surface area contributed by atoms with Gasteiger partial charge >= 0.3 is 12.0 Å².